The van der Waals surface area contributed by atoms with Gasteiger partial charge in [0.15, 0.2) is 0 Å². The molecular weight excluding hydrogens is 367 g/mol. The zero-order valence-electron chi connectivity index (χ0n) is 16.4. The number of aliphatic hydroxyl groups is 3. The van der Waals surface area contributed by atoms with E-state index in [0.29, 0.717) is 0 Å². The van der Waals surface area contributed by atoms with E-state index in [2.05, 4.69) is 13.8 Å². The monoisotopic (exact) mass is 411 g/mol. The topological polar surface area (TPSA) is 60.7 Å². The van der Waals surface area contributed by atoms with Gasteiger partial charge in [0.05, 0.1) is 0 Å². The van der Waals surface area contributed by atoms with E-state index in [1.807, 2.05) is 0 Å². The third-order valence-corrected chi connectivity index (χ3v) is 3.35. The quantitative estimate of drug-likeness (QED) is 0.290. The Morgan fingerprint density at radius 3 is 0.913 bits per heavy atom. The Labute approximate surface area is 166 Å². The molecular formula is C19H45O3Zr-. The third-order valence-electron chi connectivity index (χ3n) is 3.35. The van der Waals surface area contributed by atoms with Crippen molar-refractivity contribution in [2.75, 3.05) is 21.3 Å². The maximum absolute atomic E-state index is 7.00. The van der Waals surface area contributed by atoms with E-state index in [-0.39, 0.29) is 26.2 Å². The normalized spacial score (nSPS) is 8.35. The zero-order chi connectivity index (χ0) is 17.9. The molecule has 0 aliphatic heterocycles. The van der Waals surface area contributed by atoms with Crippen molar-refractivity contribution >= 4 is 0 Å². The molecule has 0 unspecified atom stereocenters. The summed E-state index contributed by atoms with van der Waals surface area (Å²) < 4.78 is 0. The molecule has 0 bridgehead atoms. The van der Waals surface area contributed by atoms with Crippen LogP contribution in [-0.2, 0) is 26.2 Å². The van der Waals surface area contributed by atoms with Crippen LogP contribution in [0.1, 0.15) is 96.8 Å². The molecule has 3 nitrogen and oxygen atoms in total. The van der Waals surface area contributed by atoms with Gasteiger partial charge < -0.3 is 22.2 Å². The third kappa shape index (κ3) is 51.8. The SMILES string of the molecule is CO.CO.CO.[CH2-]CCCCCCCCCCCCCCC.[Zr]. The molecule has 0 radical (unpaired) electrons. The summed E-state index contributed by atoms with van der Waals surface area (Å²) in [7, 11) is 3.00. The van der Waals surface area contributed by atoms with Crippen LogP contribution >= 0.6 is 0 Å². The smallest absolute Gasteiger partial charge is 0.0319 e. The van der Waals surface area contributed by atoms with Crippen LogP contribution in [0.2, 0.25) is 0 Å². The molecule has 3 N–H and O–H groups in total. The first kappa shape index (κ1) is 35.0. The van der Waals surface area contributed by atoms with Gasteiger partial charge in [-0.1, -0.05) is 90.4 Å². The van der Waals surface area contributed by atoms with Gasteiger partial charge in [-0.15, -0.1) is 0 Å². The van der Waals surface area contributed by atoms with E-state index < -0.39 is 0 Å². The van der Waals surface area contributed by atoms with Gasteiger partial charge in [0.1, 0.15) is 0 Å². The molecule has 0 heterocycles. The second kappa shape index (κ2) is 49.5. The summed E-state index contributed by atoms with van der Waals surface area (Å²) in [4.78, 5) is 0. The molecule has 0 spiro atoms. The zero-order valence-corrected chi connectivity index (χ0v) is 18.9. The Balaban J connectivity index is -0.000000137. The molecule has 0 amide bonds. The van der Waals surface area contributed by atoms with Crippen molar-refractivity contribution in [1.82, 2.24) is 0 Å². The van der Waals surface area contributed by atoms with Crippen molar-refractivity contribution in [3.8, 4) is 0 Å². The first-order valence-corrected chi connectivity index (χ1v) is 9.05. The fourth-order valence-corrected chi connectivity index (χ4v) is 2.19. The van der Waals surface area contributed by atoms with Crippen LogP contribution in [0.4, 0.5) is 0 Å². The largest absolute Gasteiger partial charge is 0.400 e. The minimum atomic E-state index is 0. The maximum atomic E-state index is 7.00. The minimum absolute atomic E-state index is 0. The summed E-state index contributed by atoms with van der Waals surface area (Å²) in [5.41, 5.74) is 0. The van der Waals surface area contributed by atoms with E-state index in [0.717, 1.165) is 27.8 Å². The summed E-state index contributed by atoms with van der Waals surface area (Å²) in [6.07, 6.45) is 19.8. The molecule has 0 aromatic carbocycles. The summed E-state index contributed by atoms with van der Waals surface area (Å²) in [6.45, 7) is 6.16. The number of rotatable bonds is 13. The van der Waals surface area contributed by atoms with Crippen molar-refractivity contribution in [3.63, 3.8) is 0 Å². The average molecular weight is 413 g/mol. The van der Waals surface area contributed by atoms with Crippen LogP contribution in [0, 0.1) is 6.92 Å². The molecule has 0 saturated carbocycles. The van der Waals surface area contributed by atoms with Crippen LogP contribution in [0.5, 0.6) is 0 Å². The van der Waals surface area contributed by atoms with Crippen molar-refractivity contribution < 1.29 is 41.5 Å². The number of aliphatic hydroxyl groups excluding tert-OH is 3. The Morgan fingerprint density at radius 2 is 0.696 bits per heavy atom. The molecule has 0 aliphatic rings. The van der Waals surface area contributed by atoms with Gasteiger partial charge in [-0.2, -0.15) is 6.42 Å². The molecule has 144 valence electrons. The van der Waals surface area contributed by atoms with E-state index in [9.17, 15) is 0 Å². The van der Waals surface area contributed by atoms with Gasteiger partial charge in [-0.05, 0) is 0 Å². The first-order chi connectivity index (χ1) is 10.9. The van der Waals surface area contributed by atoms with E-state index >= 15 is 0 Å². The Morgan fingerprint density at radius 1 is 0.478 bits per heavy atom. The molecule has 0 aromatic rings. The maximum Gasteiger partial charge on any atom is 0.0319 e. The van der Waals surface area contributed by atoms with Gasteiger partial charge in [-0.3, -0.25) is 0 Å². The molecule has 0 rings (SSSR count). The molecule has 0 atom stereocenters. The van der Waals surface area contributed by atoms with Crippen LogP contribution in [0.15, 0.2) is 0 Å². The second-order valence-electron chi connectivity index (χ2n) is 5.10. The Hall–Kier alpha value is 0.763. The number of hydrogen-bond donors (Lipinski definition) is 3. The molecule has 0 fully saturated rings. The fraction of sp³-hybridized carbons (Fsp3) is 0.947. The second-order valence-corrected chi connectivity index (χ2v) is 5.10. The summed E-state index contributed by atoms with van der Waals surface area (Å²) in [5.74, 6) is 0. The number of unbranched alkanes of at least 4 members (excludes halogenated alkanes) is 13. The summed E-state index contributed by atoms with van der Waals surface area (Å²) >= 11 is 0. The van der Waals surface area contributed by atoms with E-state index in [1.54, 1.807) is 0 Å². The molecule has 0 saturated heterocycles. The minimum Gasteiger partial charge on any atom is -0.400 e. The van der Waals surface area contributed by atoms with Crippen molar-refractivity contribution in [2.45, 2.75) is 96.8 Å². The van der Waals surface area contributed by atoms with Crippen LogP contribution in [-0.4, -0.2) is 36.6 Å². The number of hydrogen-bond acceptors (Lipinski definition) is 3. The fourth-order valence-electron chi connectivity index (χ4n) is 2.19. The van der Waals surface area contributed by atoms with E-state index in [1.165, 1.54) is 83.5 Å². The first-order valence-electron chi connectivity index (χ1n) is 9.05. The van der Waals surface area contributed by atoms with Crippen molar-refractivity contribution in [3.05, 3.63) is 6.92 Å². The van der Waals surface area contributed by atoms with Gasteiger partial charge in [0.25, 0.3) is 0 Å². The van der Waals surface area contributed by atoms with Gasteiger partial charge in [0, 0.05) is 47.5 Å². The Kier molecular flexibility index (Phi) is 75.2. The molecule has 0 aromatic heterocycles. The van der Waals surface area contributed by atoms with Crippen LogP contribution in [0.3, 0.4) is 0 Å². The predicted octanol–water partition coefficient (Wildman–Crippen LogP) is 5.12. The molecule has 4 heteroatoms. The van der Waals surface area contributed by atoms with Gasteiger partial charge in [0.2, 0.25) is 0 Å². The van der Waals surface area contributed by atoms with Crippen molar-refractivity contribution in [1.29, 1.82) is 0 Å². The average Bonchev–Trinajstić information content (AvgIpc) is 2.61. The summed E-state index contributed by atoms with van der Waals surface area (Å²) in [6, 6.07) is 0. The van der Waals surface area contributed by atoms with Gasteiger partial charge in [-0.25, -0.2) is 0 Å². The van der Waals surface area contributed by atoms with Crippen LogP contribution < -0.4 is 0 Å². The molecule has 23 heavy (non-hydrogen) atoms. The van der Waals surface area contributed by atoms with Crippen LogP contribution in [0.25, 0.3) is 0 Å². The van der Waals surface area contributed by atoms with E-state index in [4.69, 9.17) is 15.3 Å². The molecule has 0 aliphatic carbocycles. The predicted molar refractivity (Wildman–Crippen MR) is 100 cm³/mol. The standard InChI is InChI=1S/C16H33.3CH4O.Zr/c1-3-5-7-9-11-13-15-16-14-12-10-8-6-4-2;3*1-2;/h1,3-16H2,2H3;3*2H,1H3;/q-1;;;;. The summed E-state index contributed by atoms with van der Waals surface area (Å²) in [5, 5.41) is 21.0. The van der Waals surface area contributed by atoms with Crippen molar-refractivity contribution in [2.24, 2.45) is 0 Å². The van der Waals surface area contributed by atoms with Gasteiger partial charge >= 0.3 is 0 Å². The Bertz CT molecular complexity index is 111.